The van der Waals surface area contributed by atoms with Gasteiger partial charge in [-0.3, -0.25) is 0 Å². The van der Waals surface area contributed by atoms with Crippen LogP contribution in [-0.4, -0.2) is 11.7 Å². The van der Waals surface area contributed by atoms with E-state index in [0.29, 0.717) is 11.5 Å². The van der Waals surface area contributed by atoms with Crippen LogP contribution in [0, 0.1) is 11.3 Å². The van der Waals surface area contributed by atoms with Crippen molar-refractivity contribution >= 4 is 0 Å². The number of ether oxygens (including phenoxy) is 1. The number of hydrogen-bond donors (Lipinski definition) is 0. The summed E-state index contributed by atoms with van der Waals surface area (Å²) in [4.78, 5) is 0. The first-order valence-electron chi connectivity index (χ1n) is 6.20. The molecule has 0 spiro atoms. The van der Waals surface area contributed by atoms with Gasteiger partial charge in [-0.2, -0.15) is 0 Å². The summed E-state index contributed by atoms with van der Waals surface area (Å²) >= 11 is 0. The highest BCUT2D eigenvalue weighted by Crippen LogP contribution is 2.56. The van der Waals surface area contributed by atoms with Gasteiger partial charge in [0.1, 0.15) is 0 Å². The Balaban J connectivity index is 2.21. The summed E-state index contributed by atoms with van der Waals surface area (Å²) in [7, 11) is 0. The summed E-state index contributed by atoms with van der Waals surface area (Å²) in [6.45, 7) is 9.27. The monoisotopic (exact) mass is 196 g/mol. The highest BCUT2D eigenvalue weighted by molar-refractivity contribution is 5.03. The van der Waals surface area contributed by atoms with Gasteiger partial charge in [-0.25, -0.2) is 0 Å². The molecule has 2 aliphatic heterocycles. The van der Waals surface area contributed by atoms with Crippen LogP contribution < -0.4 is 0 Å². The fourth-order valence-electron chi connectivity index (χ4n) is 3.67. The summed E-state index contributed by atoms with van der Waals surface area (Å²) in [6, 6.07) is 0. The number of rotatable bonds is 2. The van der Waals surface area contributed by atoms with Crippen molar-refractivity contribution in [2.75, 3.05) is 0 Å². The zero-order valence-corrected chi connectivity index (χ0v) is 10.1. The van der Waals surface area contributed by atoms with Crippen molar-refractivity contribution in [3.8, 4) is 0 Å². The second-order valence-electron chi connectivity index (χ2n) is 5.79. The quantitative estimate of drug-likeness (QED) is 0.653. The van der Waals surface area contributed by atoms with E-state index >= 15 is 0 Å². The molecule has 2 saturated heterocycles. The Morgan fingerprint density at radius 1 is 1.29 bits per heavy atom. The third kappa shape index (κ3) is 1.32. The van der Waals surface area contributed by atoms with Crippen LogP contribution in [0.1, 0.15) is 59.8 Å². The van der Waals surface area contributed by atoms with Gasteiger partial charge in [0.2, 0.25) is 0 Å². The minimum atomic E-state index is 0.189. The molecule has 3 rings (SSSR count). The highest BCUT2D eigenvalue weighted by atomic mass is 16.5. The Labute approximate surface area is 88.2 Å². The van der Waals surface area contributed by atoms with E-state index in [2.05, 4.69) is 27.7 Å². The van der Waals surface area contributed by atoms with Crippen molar-refractivity contribution in [2.45, 2.75) is 71.5 Å². The normalized spacial score (nSPS) is 52.3. The molecule has 4 unspecified atom stereocenters. The summed E-state index contributed by atoms with van der Waals surface area (Å²) in [5.74, 6) is 0.749. The van der Waals surface area contributed by atoms with Crippen LogP contribution in [0.3, 0.4) is 0 Å². The van der Waals surface area contributed by atoms with E-state index in [1.807, 2.05) is 0 Å². The predicted molar refractivity (Wildman–Crippen MR) is 59.3 cm³/mol. The molecule has 1 heteroatoms. The Morgan fingerprint density at radius 3 is 2.50 bits per heavy atom. The molecule has 2 bridgehead atoms. The van der Waals surface area contributed by atoms with Crippen molar-refractivity contribution < 1.29 is 4.74 Å². The molecule has 2 heterocycles. The number of hydrogen-bond acceptors (Lipinski definition) is 1. The minimum absolute atomic E-state index is 0.189. The lowest BCUT2D eigenvalue weighted by molar-refractivity contribution is -0.247. The fraction of sp³-hybridized carbons (Fsp3) is 1.00. The molecule has 4 atom stereocenters. The molecule has 1 nitrogen and oxygen atoms in total. The summed E-state index contributed by atoms with van der Waals surface area (Å²) in [5.41, 5.74) is 0.709. The summed E-state index contributed by atoms with van der Waals surface area (Å²) in [5, 5.41) is 0. The Bertz CT molecular complexity index is 225. The van der Waals surface area contributed by atoms with Gasteiger partial charge >= 0.3 is 0 Å². The molecule has 0 N–H and O–H groups in total. The smallest absolute Gasteiger partial charge is 0.0684 e. The average Bonchev–Trinajstić information content (AvgIpc) is 2.10. The maximum absolute atomic E-state index is 6.24. The van der Waals surface area contributed by atoms with Crippen LogP contribution in [0.5, 0.6) is 0 Å². The summed E-state index contributed by atoms with van der Waals surface area (Å²) < 4.78 is 6.24. The average molecular weight is 196 g/mol. The van der Waals surface area contributed by atoms with E-state index in [0.717, 1.165) is 5.92 Å². The SMILES string of the molecule is CCCC12CCC(C)(OC1C)C(C)C2. The van der Waals surface area contributed by atoms with Gasteiger partial charge in [-0.15, -0.1) is 0 Å². The van der Waals surface area contributed by atoms with Gasteiger partial charge in [0.15, 0.2) is 0 Å². The highest BCUT2D eigenvalue weighted by Gasteiger charge is 2.54. The third-order valence-corrected chi connectivity index (χ3v) is 4.93. The third-order valence-electron chi connectivity index (χ3n) is 4.93. The first-order chi connectivity index (χ1) is 6.52. The van der Waals surface area contributed by atoms with E-state index in [-0.39, 0.29) is 5.60 Å². The Morgan fingerprint density at radius 2 is 2.00 bits per heavy atom. The maximum Gasteiger partial charge on any atom is 0.0684 e. The van der Waals surface area contributed by atoms with Gasteiger partial charge in [0.25, 0.3) is 0 Å². The standard InChI is InChI=1S/C13H24O/c1-5-6-13-8-7-12(4,10(2)9-13)14-11(13)3/h10-11H,5-9H2,1-4H3. The molecule has 3 aliphatic rings. The van der Waals surface area contributed by atoms with Gasteiger partial charge < -0.3 is 4.74 Å². The van der Waals surface area contributed by atoms with Crippen LogP contribution in [0.4, 0.5) is 0 Å². The van der Waals surface area contributed by atoms with Gasteiger partial charge in [-0.05, 0) is 50.9 Å². The fourth-order valence-corrected chi connectivity index (χ4v) is 3.67. The molecular weight excluding hydrogens is 172 g/mol. The molecule has 0 aromatic rings. The Kier molecular flexibility index (Phi) is 2.42. The predicted octanol–water partition coefficient (Wildman–Crippen LogP) is 3.77. The molecule has 1 aliphatic carbocycles. The van der Waals surface area contributed by atoms with E-state index in [1.54, 1.807) is 0 Å². The van der Waals surface area contributed by atoms with Crippen molar-refractivity contribution in [1.29, 1.82) is 0 Å². The molecule has 0 aromatic heterocycles. The van der Waals surface area contributed by atoms with E-state index in [1.165, 1.54) is 32.1 Å². The maximum atomic E-state index is 6.24. The minimum Gasteiger partial charge on any atom is -0.371 e. The van der Waals surface area contributed by atoms with Crippen molar-refractivity contribution in [3.63, 3.8) is 0 Å². The van der Waals surface area contributed by atoms with E-state index < -0.39 is 0 Å². The van der Waals surface area contributed by atoms with Crippen LogP contribution in [0.2, 0.25) is 0 Å². The Hall–Kier alpha value is -0.0400. The van der Waals surface area contributed by atoms with Gasteiger partial charge in [0, 0.05) is 0 Å². The van der Waals surface area contributed by atoms with Crippen molar-refractivity contribution in [3.05, 3.63) is 0 Å². The van der Waals surface area contributed by atoms with Crippen molar-refractivity contribution in [2.24, 2.45) is 11.3 Å². The lowest BCUT2D eigenvalue weighted by Gasteiger charge is -2.59. The second kappa shape index (κ2) is 3.23. The van der Waals surface area contributed by atoms with Crippen molar-refractivity contribution in [1.82, 2.24) is 0 Å². The molecule has 0 radical (unpaired) electrons. The van der Waals surface area contributed by atoms with Crippen LogP contribution in [0.25, 0.3) is 0 Å². The van der Waals surface area contributed by atoms with Gasteiger partial charge in [-0.1, -0.05) is 20.3 Å². The molecule has 14 heavy (non-hydrogen) atoms. The number of fused-ring (bicyclic) bond motifs is 3. The van der Waals surface area contributed by atoms with Crippen LogP contribution in [0.15, 0.2) is 0 Å². The molecule has 3 fully saturated rings. The molecule has 0 amide bonds. The topological polar surface area (TPSA) is 9.23 Å². The van der Waals surface area contributed by atoms with E-state index in [4.69, 9.17) is 4.74 Å². The second-order valence-corrected chi connectivity index (χ2v) is 5.79. The zero-order valence-electron chi connectivity index (χ0n) is 10.1. The molecule has 0 aromatic carbocycles. The molecule has 82 valence electrons. The van der Waals surface area contributed by atoms with Crippen LogP contribution >= 0.6 is 0 Å². The van der Waals surface area contributed by atoms with E-state index in [9.17, 15) is 0 Å². The lowest BCUT2D eigenvalue weighted by atomic mass is 9.57. The zero-order chi connectivity index (χ0) is 10.4. The lowest BCUT2D eigenvalue weighted by Crippen LogP contribution is -2.58. The first-order valence-corrected chi connectivity index (χ1v) is 6.20. The molecular formula is C13H24O. The van der Waals surface area contributed by atoms with Gasteiger partial charge in [0.05, 0.1) is 11.7 Å². The largest absolute Gasteiger partial charge is 0.371 e. The first kappa shape index (κ1) is 10.5. The molecule has 1 saturated carbocycles. The summed E-state index contributed by atoms with van der Waals surface area (Å²) in [6.07, 6.45) is 7.20. The van der Waals surface area contributed by atoms with Crippen LogP contribution in [-0.2, 0) is 4.74 Å².